The summed E-state index contributed by atoms with van der Waals surface area (Å²) in [6, 6.07) is 14.5. The summed E-state index contributed by atoms with van der Waals surface area (Å²) >= 11 is 0. The lowest BCUT2D eigenvalue weighted by Gasteiger charge is -2.58. The van der Waals surface area contributed by atoms with Crippen LogP contribution in [0.3, 0.4) is 0 Å². The fourth-order valence-electron chi connectivity index (χ4n) is 11.6. The zero-order chi connectivity index (χ0) is 36.7. The number of carbonyl (C=O) groups is 1. The van der Waals surface area contributed by atoms with Crippen molar-refractivity contribution < 1.29 is 14.3 Å². The summed E-state index contributed by atoms with van der Waals surface area (Å²) in [6.45, 7) is 13.3. The summed E-state index contributed by atoms with van der Waals surface area (Å²) in [6.07, 6.45) is 24.4. The third kappa shape index (κ3) is 8.87. The third-order valence-electron chi connectivity index (χ3n) is 14.6. The number of allylic oxidation sites excluding steroid dienone is 2. The Morgan fingerprint density at radius 1 is 0.808 bits per heavy atom. The van der Waals surface area contributed by atoms with E-state index in [9.17, 15) is 4.79 Å². The fraction of sp³-hybridized carbons (Fsp3) is 0.681. The minimum absolute atomic E-state index is 0.270. The van der Waals surface area contributed by atoms with Gasteiger partial charge in [0.2, 0.25) is 0 Å². The van der Waals surface area contributed by atoms with Crippen LogP contribution < -0.4 is 4.74 Å². The molecule has 52 heavy (non-hydrogen) atoms. The first kappa shape index (κ1) is 38.8. The van der Waals surface area contributed by atoms with Crippen LogP contribution in [0.1, 0.15) is 148 Å². The molecule has 3 saturated carbocycles. The Labute approximate surface area is 315 Å². The molecule has 0 aromatic heterocycles. The molecule has 0 bridgehead atoms. The van der Waals surface area contributed by atoms with Crippen LogP contribution in [0.25, 0.3) is 0 Å². The maximum atomic E-state index is 12.6. The van der Waals surface area contributed by atoms with E-state index in [1.165, 1.54) is 89.9 Å². The molecule has 0 radical (unpaired) electrons. The first-order chi connectivity index (χ1) is 25.1. The molecule has 4 aliphatic carbocycles. The van der Waals surface area contributed by atoms with E-state index < -0.39 is 0 Å². The van der Waals surface area contributed by atoms with Gasteiger partial charge in [-0.25, -0.2) is 4.79 Å². The highest BCUT2D eigenvalue weighted by molar-refractivity contribution is 5.89. The molecular weight excluding hydrogens is 641 g/mol. The lowest BCUT2D eigenvalue weighted by atomic mass is 9.46. The van der Waals surface area contributed by atoms with E-state index >= 15 is 0 Å². The van der Waals surface area contributed by atoms with Crippen LogP contribution >= 0.6 is 0 Å². The van der Waals surface area contributed by atoms with E-state index in [0.717, 1.165) is 65.7 Å². The number of hydrogen-bond donors (Lipinski definition) is 0. The summed E-state index contributed by atoms with van der Waals surface area (Å²) in [7, 11) is 1.64. The van der Waals surface area contributed by atoms with E-state index in [1.807, 2.05) is 29.8 Å². The summed E-state index contributed by atoms with van der Waals surface area (Å²) < 4.78 is 10.8. The predicted octanol–water partition coefficient (Wildman–Crippen LogP) is 13.9. The molecule has 0 unspecified atom stereocenters. The highest BCUT2D eigenvalue weighted by atomic mass is 16.5. The molecule has 0 amide bonds. The molecule has 0 aliphatic heterocycles. The number of ether oxygens (including phenoxy) is 2. The minimum Gasteiger partial charge on any atom is -0.497 e. The van der Waals surface area contributed by atoms with Gasteiger partial charge in [-0.05, 0) is 159 Å². The van der Waals surface area contributed by atoms with Crippen molar-refractivity contribution in [3.05, 3.63) is 65.7 Å². The highest BCUT2D eigenvalue weighted by Gasteiger charge is 2.59. The van der Waals surface area contributed by atoms with E-state index in [2.05, 4.69) is 50.9 Å². The Hall–Kier alpha value is -2.95. The van der Waals surface area contributed by atoms with Gasteiger partial charge in [0.05, 0.1) is 30.7 Å². The van der Waals surface area contributed by atoms with Gasteiger partial charge in [-0.15, -0.1) is 0 Å². The van der Waals surface area contributed by atoms with Crippen LogP contribution in [0.15, 0.2) is 70.4 Å². The second-order valence-electron chi connectivity index (χ2n) is 18.2. The van der Waals surface area contributed by atoms with E-state index in [0.29, 0.717) is 28.7 Å². The first-order valence-electron chi connectivity index (χ1n) is 21.1. The number of esters is 1. The number of benzene rings is 2. The zero-order valence-electron chi connectivity index (χ0n) is 33.4. The standard InChI is InChI=1S/C47H68N2O3/c1-33(2)12-11-13-34(3)42-25-26-43-41-24-17-37-32-35(27-29-46(37,4)44(41)28-30-47(42,43)5)14-9-7-8-10-31-52-45(50)36-15-18-38(19-16-36)48-49-39-20-22-40(51-6)23-21-39/h15-23,33-35,41-44H,7-14,24-32H2,1-6H3/t34-,35+,41+,42-,43+,44+,46+,47-/m1/s1. The molecule has 0 saturated heterocycles. The second-order valence-corrected chi connectivity index (χ2v) is 18.2. The van der Waals surface area contributed by atoms with Crippen molar-refractivity contribution in [1.29, 1.82) is 0 Å². The van der Waals surface area contributed by atoms with Gasteiger partial charge in [-0.3, -0.25) is 0 Å². The monoisotopic (exact) mass is 709 g/mol. The summed E-state index contributed by atoms with van der Waals surface area (Å²) in [5.74, 6) is 6.82. The van der Waals surface area contributed by atoms with Crippen molar-refractivity contribution in [2.45, 2.75) is 137 Å². The molecule has 8 atom stereocenters. The van der Waals surface area contributed by atoms with Crippen molar-refractivity contribution in [2.75, 3.05) is 13.7 Å². The lowest BCUT2D eigenvalue weighted by Crippen LogP contribution is -2.50. The molecule has 2 aromatic carbocycles. The van der Waals surface area contributed by atoms with Crippen molar-refractivity contribution in [3.8, 4) is 5.75 Å². The summed E-state index contributed by atoms with van der Waals surface area (Å²) in [5, 5.41) is 8.52. The smallest absolute Gasteiger partial charge is 0.338 e. The molecule has 5 heteroatoms. The number of azo groups is 1. The van der Waals surface area contributed by atoms with Crippen LogP contribution in [0, 0.1) is 52.3 Å². The number of hydrogen-bond acceptors (Lipinski definition) is 5. The predicted molar refractivity (Wildman–Crippen MR) is 214 cm³/mol. The number of nitrogens with zero attached hydrogens (tertiary/aromatic N) is 2. The van der Waals surface area contributed by atoms with Crippen LogP contribution in [0.4, 0.5) is 11.4 Å². The van der Waals surface area contributed by atoms with Crippen LogP contribution in [0.2, 0.25) is 0 Å². The average molecular weight is 709 g/mol. The third-order valence-corrected chi connectivity index (χ3v) is 14.6. The van der Waals surface area contributed by atoms with Crippen molar-refractivity contribution in [2.24, 2.45) is 62.5 Å². The Bertz CT molecular complexity index is 1510. The van der Waals surface area contributed by atoms with Gasteiger partial charge in [-0.2, -0.15) is 10.2 Å². The van der Waals surface area contributed by atoms with Gasteiger partial charge in [0.15, 0.2) is 0 Å². The maximum absolute atomic E-state index is 12.6. The Morgan fingerprint density at radius 2 is 1.52 bits per heavy atom. The van der Waals surface area contributed by atoms with Crippen molar-refractivity contribution in [3.63, 3.8) is 0 Å². The second kappa shape index (κ2) is 17.5. The lowest BCUT2D eigenvalue weighted by molar-refractivity contribution is -0.0529. The topological polar surface area (TPSA) is 60.2 Å². The molecule has 4 aliphatic rings. The van der Waals surface area contributed by atoms with Gasteiger partial charge in [0, 0.05) is 0 Å². The Kier molecular flexibility index (Phi) is 13.0. The number of rotatable bonds is 16. The van der Waals surface area contributed by atoms with Gasteiger partial charge < -0.3 is 9.47 Å². The molecule has 5 nitrogen and oxygen atoms in total. The van der Waals surface area contributed by atoms with Gasteiger partial charge in [0.25, 0.3) is 0 Å². The zero-order valence-corrected chi connectivity index (χ0v) is 33.4. The largest absolute Gasteiger partial charge is 0.497 e. The molecule has 2 aromatic rings. The number of fused-ring (bicyclic) bond motifs is 5. The SMILES string of the molecule is COc1ccc(N=Nc2ccc(C(=O)OCCCCCC[C@H]3CC[C@@]4(C)C(=CC[C@H]5[C@@H]6CC[C@H]([C@H](C)CCCC(C)C)[C@@]6(C)CC[C@@H]54)C3)cc2)cc1. The van der Waals surface area contributed by atoms with Crippen LogP contribution in [-0.2, 0) is 4.74 Å². The normalized spacial score (nSPS) is 30.4. The number of carbonyl (C=O) groups excluding carboxylic acids is 1. The number of unbranched alkanes of at least 4 members (excludes halogenated alkanes) is 3. The average Bonchev–Trinajstić information content (AvgIpc) is 3.51. The molecule has 0 heterocycles. The summed E-state index contributed by atoms with van der Waals surface area (Å²) in [4.78, 5) is 12.6. The molecule has 284 valence electrons. The Balaban J connectivity index is 0.885. The first-order valence-corrected chi connectivity index (χ1v) is 21.1. The molecule has 0 spiro atoms. The van der Waals surface area contributed by atoms with Gasteiger partial charge in [-0.1, -0.05) is 91.2 Å². The fourth-order valence-corrected chi connectivity index (χ4v) is 11.6. The van der Waals surface area contributed by atoms with Gasteiger partial charge in [0.1, 0.15) is 5.75 Å². The van der Waals surface area contributed by atoms with E-state index in [-0.39, 0.29) is 5.97 Å². The van der Waals surface area contributed by atoms with E-state index in [1.54, 1.807) is 31.4 Å². The quantitative estimate of drug-likeness (QED) is 0.0755. The van der Waals surface area contributed by atoms with Crippen LogP contribution in [-0.4, -0.2) is 19.7 Å². The maximum Gasteiger partial charge on any atom is 0.338 e. The Morgan fingerprint density at radius 3 is 2.23 bits per heavy atom. The summed E-state index contributed by atoms with van der Waals surface area (Å²) in [5.41, 5.74) is 4.85. The highest BCUT2D eigenvalue weighted by Crippen LogP contribution is 2.67. The molecule has 3 fully saturated rings. The van der Waals surface area contributed by atoms with Gasteiger partial charge >= 0.3 is 5.97 Å². The van der Waals surface area contributed by atoms with E-state index in [4.69, 9.17) is 9.47 Å². The number of methoxy groups -OCH3 is 1. The minimum atomic E-state index is -0.270. The van der Waals surface area contributed by atoms with Crippen molar-refractivity contribution in [1.82, 2.24) is 0 Å². The molecular formula is C47H68N2O3. The molecule has 6 rings (SSSR count). The van der Waals surface area contributed by atoms with Crippen LogP contribution in [0.5, 0.6) is 5.75 Å². The molecule has 0 N–H and O–H groups in total. The van der Waals surface area contributed by atoms with Crippen molar-refractivity contribution >= 4 is 17.3 Å².